The van der Waals surface area contributed by atoms with Crippen molar-refractivity contribution in [2.75, 3.05) is 17.6 Å². The number of nitrogen functional groups attached to an aromatic ring is 1. The van der Waals surface area contributed by atoms with Crippen LogP contribution in [0.15, 0.2) is 18.2 Å². The van der Waals surface area contributed by atoms with Gasteiger partial charge in [-0.15, -0.1) is 0 Å². The van der Waals surface area contributed by atoms with Crippen molar-refractivity contribution in [2.24, 2.45) is 0 Å². The van der Waals surface area contributed by atoms with Gasteiger partial charge in [0.1, 0.15) is 5.75 Å². The van der Waals surface area contributed by atoms with Gasteiger partial charge in [0.05, 0.1) is 18.9 Å². The van der Waals surface area contributed by atoms with Gasteiger partial charge in [0, 0.05) is 5.69 Å². The van der Waals surface area contributed by atoms with Gasteiger partial charge in [-0.3, -0.25) is 4.72 Å². The first-order chi connectivity index (χ1) is 8.44. The lowest BCUT2D eigenvalue weighted by molar-refractivity contribution is 0.417. The van der Waals surface area contributed by atoms with Crippen molar-refractivity contribution in [3.8, 4) is 11.8 Å². The molecule has 0 aliphatic heterocycles. The molecule has 98 valence electrons. The predicted molar refractivity (Wildman–Crippen MR) is 69.6 cm³/mol. The molecular formula is C11H15N3O3S. The number of methoxy groups -OCH3 is 1. The van der Waals surface area contributed by atoms with Crippen LogP contribution in [0.3, 0.4) is 0 Å². The Bertz CT molecular complexity index is 563. The fourth-order valence-electron chi connectivity index (χ4n) is 1.41. The first-order valence-corrected chi connectivity index (χ1v) is 6.84. The number of nitrogens with two attached hydrogens (primary N) is 1. The van der Waals surface area contributed by atoms with Crippen LogP contribution in [0.25, 0.3) is 0 Å². The number of benzene rings is 1. The Morgan fingerprint density at radius 3 is 2.72 bits per heavy atom. The van der Waals surface area contributed by atoms with Crippen LogP contribution in [0.2, 0.25) is 0 Å². The second-order valence-electron chi connectivity index (χ2n) is 3.63. The van der Waals surface area contributed by atoms with Crippen molar-refractivity contribution in [1.29, 1.82) is 5.26 Å². The van der Waals surface area contributed by atoms with Crippen molar-refractivity contribution in [2.45, 2.75) is 18.6 Å². The molecule has 1 aromatic rings. The summed E-state index contributed by atoms with van der Waals surface area (Å²) in [4.78, 5) is 0. The molecule has 1 unspecified atom stereocenters. The minimum atomic E-state index is -3.77. The van der Waals surface area contributed by atoms with Gasteiger partial charge in [-0.25, -0.2) is 8.42 Å². The molecular weight excluding hydrogens is 254 g/mol. The number of nitrogens with one attached hydrogen (secondary N) is 1. The van der Waals surface area contributed by atoms with Crippen molar-refractivity contribution in [1.82, 2.24) is 0 Å². The third-order valence-electron chi connectivity index (χ3n) is 2.37. The van der Waals surface area contributed by atoms with Crippen LogP contribution in [0.5, 0.6) is 5.75 Å². The zero-order valence-corrected chi connectivity index (χ0v) is 11.0. The molecule has 0 saturated carbocycles. The topological polar surface area (TPSA) is 105 Å². The molecule has 0 radical (unpaired) electrons. The minimum Gasteiger partial charge on any atom is -0.495 e. The molecule has 7 heteroatoms. The van der Waals surface area contributed by atoms with Crippen LogP contribution in [0.1, 0.15) is 13.3 Å². The predicted octanol–water partition coefficient (Wildman–Crippen LogP) is 1.32. The maximum atomic E-state index is 11.9. The third kappa shape index (κ3) is 3.05. The number of hydrogen-bond donors (Lipinski definition) is 2. The number of rotatable bonds is 5. The third-order valence-corrected chi connectivity index (χ3v) is 4.06. The molecule has 0 saturated heterocycles. The summed E-state index contributed by atoms with van der Waals surface area (Å²) in [6, 6.07) is 6.34. The van der Waals surface area contributed by atoms with E-state index in [9.17, 15) is 8.42 Å². The summed E-state index contributed by atoms with van der Waals surface area (Å²) in [6.07, 6.45) is 0.205. The molecule has 0 aromatic heterocycles. The molecule has 0 aliphatic carbocycles. The highest BCUT2D eigenvalue weighted by Gasteiger charge is 2.24. The van der Waals surface area contributed by atoms with Crippen molar-refractivity contribution in [3.05, 3.63) is 18.2 Å². The lowest BCUT2D eigenvalue weighted by atomic mass is 10.2. The van der Waals surface area contributed by atoms with Crippen LogP contribution in [-0.4, -0.2) is 20.8 Å². The zero-order valence-electron chi connectivity index (χ0n) is 10.2. The van der Waals surface area contributed by atoms with E-state index in [2.05, 4.69) is 4.72 Å². The Balaban J connectivity index is 3.12. The van der Waals surface area contributed by atoms with Gasteiger partial charge in [0.2, 0.25) is 10.0 Å². The summed E-state index contributed by atoms with van der Waals surface area (Å²) in [5.41, 5.74) is 6.22. The van der Waals surface area contributed by atoms with E-state index in [-0.39, 0.29) is 12.1 Å². The summed E-state index contributed by atoms with van der Waals surface area (Å²) in [5, 5.41) is 7.69. The number of nitrogens with zero attached hydrogens (tertiary/aromatic N) is 1. The maximum absolute atomic E-state index is 11.9. The molecule has 0 aliphatic rings. The molecule has 1 rings (SSSR count). The van der Waals surface area contributed by atoms with E-state index in [1.54, 1.807) is 25.1 Å². The molecule has 0 bridgehead atoms. The van der Waals surface area contributed by atoms with Gasteiger partial charge in [0.25, 0.3) is 0 Å². The van der Waals surface area contributed by atoms with Gasteiger partial charge < -0.3 is 10.5 Å². The average molecular weight is 269 g/mol. The van der Waals surface area contributed by atoms with Crippen LogP contribution in [0.4, 0.5) is 11.4 Å². The fourth-order valence-corrected chi connectivity index (χ4v) is 2.60. The Morgan fingerprint density at radius 1 is 1.56 bits per heavy atom. The highest BCUT2D eigenvalue weighted by atomic mass is 32.2. The number of nitriles is 1. The van der Waals surface area contributed by atoms with Gasteiger partial charge in [-0.1, -0.05) is 6.92 Å². The zero-order chi connectivity index (χ0) is 13.8. The van der Waals surface area contributed by atoms with E-state index >= 15 is 0 Å². The molecule has 6 nitrogen and oxygen atoms in total. The standard InChI is InChI=1S/C11H15N3O3S/c1-3-9(7-12)18(15,16)14-10-6-8(13)4-5-11(10)17-2/h4-6,9,14H,3,13H2,1-2H3. The van der Waals surface area contributed by atoms with Crippen molar-refractivity contribution in [3.63, 3.8) is 0 Å². The van der Waals surface area contributed by atoms with E-state index in [0.29, 0.717) is 11.4 Å². The van der Waals surface area contributed by atoms with E-state index in [0.717, 1.165) is 0 Å². The highest BCUT2D eigenvalue weighted by molar-refractivity contribution is 7.93. The van der Waals surface area contributed by atoms with Gasteiger partial charge >= 0.3 is 0 Å². The molecule has 0 fully saturated rings. The molecule has 0 spiro atoms. The van der Waals surface area contributed by atoms with Gasteiger partial charge in [-0.2, -0.15) is 5.26 Å². The SMILES string of the molecule is CCC(C#N)S(=O)(=O)Nc1cc(N)ccc1OC. The molecule has 18 heavy (non-hydrogen) atoms. The second kappa shape index (κ2) is 5.60. The first kappa shape index (κ1) is 14.1. The van der Waals surface area contributed by atoms with Gasteiger partial charge in [-0.05, 0) is 24.6 Å². The summed E-state index contributed by atoms with van der Waals surface area (Å²) < 4.78 is 31.2. The lowest BCUT2D eigenvalue weighted by Gasteiger charge is -2.14. The number of hydrogen-bond acceptors (Lipinski definition) is 5. The molecule has 1 atom stereocenters. The molecule has 0 amide bonds. The van der Waals surface area contributed by atoms with E-state index in [4.69, 9.17) is 15.7 Å². The summed E-state index contributed by atoms with van der Waals surface area (Å²) in [7, 11) is -2.35. The van der Waals surface area contributed by atoms with E-state index < -0.39 is 15.3 Å². The normalized spacial score (nSPS) is 12.5. The summed E-state index contributed by atoms with van der Waals surface area (Å²) >= 11 is 0. The number of ether oxygens (including phenoxy) is 1. The lowest BCUT2D eigenvalue weighted by Crippen LogP contribution is -2.26. The largest absolute Gasteiger partial charge is 0.495 e. The van der Waals surface area contributed by atoms with Crippen LogP contribution >= 0.6 is 0 Å². The van der Waals surface area contributed by atoms with Crippen molar-refractivity contribution >= 4 is 21.4 Å². The summed E-state index contributed by atoms with van der Waals surface area (Å²) in [6.45, 7) is 1.63. The second-order valence-corrected chi connectivity index (χ2v) is 5.50. The average Bonchev–Trinajstić information content (AvgIpc) is 2.29. The van der Waals surface area contributed by atoms with Crippen LogP contribution < -0.4 is 15.2 Å². The van der Waals surface area contributed by atoms with Crippen LogP contribution in [-0.2, 0) is 10.0 Å². The highest BCUT2D eigenvalue weighted by Crippen LogP contribution is 2.28. The number of anilines is 2. The van der Waals surface area contributed by atoms with Crippen molar-refractivity contribution < 1.29 is 13.2 Å². The maximum Gasteiger partial charge on any atom is 0.249 e. The minimum absolute atomic E-state index is 0.205. The molecule has 1 aromatic carbocycles. The molecule has 0 heterocycles. The number of sulfonamides is 1. The Labute approximate surface area is 106 Å². The quantitative estimate of drug-likeness (QED) is 0.784. The Morgan fingerprint density at radius 2 is 2.22 bits per heavy atom. The first-order valence-electron chi connectivity index (χ1n) is 5.29. The van der Waals surface area contributed by atoms with Crippen LogP contribution in [0, 0.1) is 11.3 Å². The summed E-state index contributed by atoms with van der Waals surface area (Å²) in [5.74, 6) is 0.348. The fraction of sp³-hybridized carbons (Fsp3) is 0.364. The smallest absolute Gasteiger partial charge is 0.249 e. The van der Waals surface area contributed by atoms with Gasteiger partial charge in [0.15, 0.2) is 5.25 Å². The Hall–Kier alpha value is -1.94. The monoisotopic (exact) mass is 269 g/mol. The molecule has 3 N–H and O–H groups in total. The van der Waals surface area contributed by atoms with E-state index in [1.807, 2.05) is 0 Å². The van der Waals surface area contributed by atoms with E-state index in [1.165, 1.54) is 13.2 Å². The Kier molecular flexibility index (Phi) is 4.39.